The summed E-state index contributed by atoms with van der Waals surface area (Å²) in [5, 5.41) is 0.595. The molecule has 0 spiro atoms. The highest BCUT2D eigenvalue weighted by Crippen LogP contribution is 2.30. The molecule has 0 bridgehead atoms. The molecule has 136 valence electrons. The smallest absolute Gasteiger partial charge is 0.338 e. The predicted molar refractivity (Wildman–Crippen MR) is 111 cm³/mol. The highest BCUT2D eigenvalue weighted by molar-refractivity contribution is 7.23. The Bertz CT molecular complexity index is 1450. The van der Waals surface area contributed by atoms with Crippen LogP contribution in [-0.2, 0) is 4.74 Å². The maximum absolute atomic E-state index is 13.3. The molecule has 0 aliphatic heterocycles. The maximum Gasteiger partial charge on any atom is 0.338 e. The largest absolute Gasteiger partial charge is 0.465 e. The molecule has 0 aliphatic carbocycles. The molecule has 28 heavy (non-hydrogen) atoms. The Labute approximate surface area is 163 Å². The standard InChI is InChI=1S/C22H14N2O3S/c1-27-21(26)15-7-3-2-6-14(15)13-10-11-19-16(12-13)20(25)24-18-9-5-4-8-17(18)23-22(24)28-19/h2-12H,1H3. The summed E-state index contributed by atoms with van der Waals surface area (Å²) in [5.74, 6) is -0.406. The zero-order valence-corrected chi connectivity index (χ0v) is 15.7. The minimum atomic E-state index is -0.406. The first-order valence-corrected chi connectivity index (χ1v) is 9.51. The van der Waals surface area contributed by atoms with Crippen molar-refractivity contribution in [1.82, 2.24) is 9.38 Å². The van der Waals surface area contributed by atoms with E-state index in [1.807, 2.05) is 54.6 Å². The second kappa shape index (κ2) is 6.28. The molecule has 3 aromatic carbocycles. The first kappa shape index (κ1) is 16.6. The molecule has 5 rings (SSSR count). The molecular weight excluding hydrogens is 372 g/mol. The van der Waals surface area contributed by atoms with Gasteiger partial charge in [-0.1, -0.05) is 47.7 Å². The number of aromatic nitrogens is 2. The van der Waals surface area contributed by atoms with Crippen LogP contribution >= 0.6 is 11.3 Å². The Hall–Kier alpha value is -3.51. The fourth-order valence-corrected chi connectivity index (χ4v) is 4.47. The second-order valence-corrected chi connectivity index (χ2v) is 7.38. The Kier molecular flexibility index (Phi) is 3.74. The van der Waals surface area contributed by atoms with E-state index in [2.05, 4.69) is 4.98 Å². The fraction of sp³-hybridized carbons (Fsp3) is 0.0455. The molecule has 5 nitrogen and oxygen atoms in total. The predicted octanol–water partition coefficient (Wildman–Crippen LogP) is 4.52. The van der Waals surface area contributed by atoms with Gasteiger partial charge in [0.2, 0.25) is 0 Å². The lowest BCUT2D eigenvalue weighted by Gasteiger charge is -2.09. The minimum Gasteiger partial charge on any atom is -0.465 e. The van der Waals surface area contributed by atoms with Crippen LogP contribution in [0, 0.1) is 0 Å². The van der Waals surface area contributed by atoms with Crippen LogP contribution in [-0.4, -0.2) is 22.5 Å². The lowest BCUT2D eigenvalue weighted by Crippen LogP contribution is -2.11. The van der Waals surface area contributed by atoms with Gasteiger partial charge in [-0.05, 0) is 41.5 Å². The van der Waals surface area contributed by atoms with Crippen LogP contribution in [0.2, 0.25) is 0 Å². The monoisotopic (exact) mass is 386 g/mol. The topological polar surface area (TPSA) is 60.7 Å². The van der Waals surface area contributed by atoms with Gasteiger partial charge in [0, 0.05) is 4.70 Å². The van der Waals surface area contributed by atoms with Gasteiger partial charge in [0.1, 0.15) is 0 Å². The van der Waals surface area contributed by atoms with Crippen molar-refractivity contribution in [2.75, 3.05) is 7.11 Å². The number of imidazole rings is 1. The van der Waals surface area contributed by atoms with Gasteiger partial charge >= 0.3 is 5.97 Å². The van der Waals surface area contributed by atoms with Gasteiger partial charge in [0.25, 0.3) is 5.56 Å². The van der Waals surface area contributed by atoms with Crippen LogP contribution in [0.15, 0.2) is 71.5 Å². The molecule has 0 aliphatic rings. The van der Waals surface area contributed by atoms with E-state index in [0.717, 1.165) is 26.9 Å². The summed E-state index contributed by atoms with van der Waals surface area (Å²) in [4.78, 5) is 30.6. The molecule has 0 atom stereocenters. The highest BCUT2D eigenvalue weighted by Gasteiger charge is 2.15. The SMILES string of the molecule is COC(=O)c1ccccc1-c1ccc2sc3nc4ccccc4n3c(=O)c2c1. The molecular formula is C22H14N2O3S. The molecule has 0 fully saturated rings. The number of hydrogen-bond acceptors (Lipinski definition) is 5. The molecule has 5 aromatic rings. The quantitative estimate of drug-likeness (QED) is 0.419. The number of fused-ring (bicyclic) bond motifs is 4. The average Bonchev–Trinajstić information content (AvgIpc) is 3.11. The van der Waals surface area contributed by atoms with Crippen molar-refractivity contribution in [2.45, 2.75) is 0 Å². The zero-order valence-electron chi connectivity index (χ0n) is 14.9. The minimum absolute atomic E-state index is 0.116. The summed E-state index contributed by atoms with van der Waals surface area (Å²) in [5.41, 5.74) is 3.46. The van der Waals surface area contributed by atoms with Crippen molar-refractivity contribution < 1.29 is 9.53 Å². The molecule has 0 saturated heterocycles. The molecule has 0 unspecified atom stereocenters. The van der Waals surface area contributed by atoms with Gasteiger partial charge in [-0.25, -0.2) is 14.2 Å². The third-order valence-electron chi connectivity index (χ3n) is 4.79. The van der Waals surface area contributed by atoms with Crippen LogP contribution in [0.4, 0.5) is 0 Å². The number of nitrogens with zero attached hydrogens (tertiary/aromatic N) is 2. The number of methoxy groups -OCH3 is 1. The summed E-state index contributed by atoms with van der Waals surface area (Å²) in [6.07, 6.45) is 0. The third-order valence-corrected chi connectivity index (χ3v) is 5.82. The van der Waals surface area contributed by atoms with Crippen LogP contribution in [0.1, 0.15) is 10.4 Å². The van der Waals surface area contributed by atoms with Crippen LogP contribution in [0.3, 0.4) is 0 Å². The molecule has 0 radical (unpaired) electrons. The van der Waals surface area contributed by atoms with Gasteiger partial charge < -0.3 is 4.74 Å². The summed E-state index contributed by atoms with van der Waals surface area (Å²) < 4.78 is 7.40. The van der Waals surface area contributed by atoms with Gasteiger partial charge in [0.05, 0.1) is 29.1 Å². The van der Waals surface area contributed by atoms with Gasteiger partial charge in [0.15, 0.2) is 4.96 Å². The summed E-state index contributed by atoms with van der Waals surface area (Å²) in [6.45, 7) is 0. The maximum atomic E-state index is 13.3. The molecule has 2 aromatic heterocycles. The van der Waals surface area contributed by atoms with Gasteiger partial charge in [-0.15, -0.1) is 0 Å². The number of benzene rings is 3. The van der Waals surface area contributed by atoms with Gasteiger partial charge in [-0.3, -0.25) is 4.79 Å². The van der Waals surface area contributed by atoms with Crippen molar-refractivity contribution in [3.05, 3.63) is 82.6 Å². The van der Waals surface area contributed by atoms with E-state index in [1.54, 1.807) is 16.5 Å². The molecule has 6 heteroatoms. The van der Waals surface area contributed by atoms with E-state index in [0.29, 0.717) is 15.9 Å². The van der Waals surface area contributed by atoms with Crippen molar-refractivity contribution in [1.29, 1.82) is 0 Å². The number of ether oxygens (including phenoxy) is 1. The van der Waals surface area contributed by atoms with Crippen molar-refractivity contribution in [3.8, 4) is 11.1 Å². The van der Waals surface area contributed by atoms with E-state index in [1.165, 1.54) is 18.4 Å². The fourth-order valence-electron chi connectivity index (χ4n) is 3.46. The van der Waals surface area contributed by atoms with E-state index < -0.39 is 5.97 Å². The first-order valence-electron chi connectivity index (χ1n) is 8.69. The number of hydrogen-bond donors (Lipinski definition) is 0. The molecule has 0 N–H and O–H groups in total. The molecule has 0 amide bonds. The normalized spacial score (nSPS) is 11.3. The molecule has 0 saturated carbocycles. The Morgan fingerprint density at radius 2 is 1.82 bits per heavy atom. The summed E-state index contributed by atoms with van der Waals surface area (Å²) >= 11 is 1.47. The number of rotatable bonds is 2. The number of esters is 1. The summed E-state index contributed by atoms with van der Waals surface area (Å²) in [6, 6.07) is 20.5. The van der Waals surface area contributed by atoms with Crippen molar-refractivity contribution in [2.24, 2.45) is 0 Å². The van der Waals surface area contributed by atoms with Crippen molar-refractivity contribution >= 4 is 43.4 Å². The number of carbonyl (C=O) groups excluding carboxylic acids is 1. The highest BCUT2D eigenvalue weighted by atomic mass is 32.1. The van der Waals surface area contributed by atoms with E-state index in [9.17, 15) is 9.59 Å². The Morgan fingerprint density at radius 3 is 2.68 bits per heavy atom. The molecule has 2 heterocycles. The first-order chi connectivity index (χ1) is 13.7. The van der Waals surface area contributed by atoms with Gasteiger partial charge in [-0.2, -0.15) is 0 Å². The Morgan fingerprint density at radius 1 is 1.04 bits per heavy atom. The number of para-hydroxylation sites is 2. The van der Waals surface area contributed by atoms with Crippen LogP contribution in [0.25, 0.3) is 37.2 Å². The lowest BCUT2D eigenvalue weighted by molar-refractivity contribution is 0.0601. The summed E-state index contributed by atoms with van der Waals surface area (Å²) in [7, 11) is 1.36. The van der Waals surface area contributed by atoms with E-state index in [4.69, 9.17) is 4.74 Å². The van der Waals surface area contributed by atoms with E-state index in [-0.39, 0.29) is 5.56 Å². The lowest BCUT2D eigenvalue weighted by atomic mass is 9.99. The second-order valence-electron chi connectivity index (χ2n) is 6.37. The third kappa shape index (κ3) is 2.42. The Balaban J connectivity index is 1.82. The van der Waals surface area contributed by atoms with Crippen molar-refractivity contribution in [3.63, 3.8) is 0 Å². The van der Waals surface area contributed by atoms with E-state index >= 15 is 0 Å². The average molecular weight is 386 g/mol. The van der Waals surface area contributed by atoms with Crippen LogP contribution < -0.4 is 5.56 Å². The van der Waals surface area contributed by atoms with Crippen LogP contribution in [0.5, 0.6) is 0 Å². The number of carbonyl (C=O) groups is 1. The zero-order chi connectivity index (χ0) is 19.3.